The molecule has 0 saturated heterocycles. The lowest BCUT2D eigenvalue weighted by Crippen LogP contribution is -2.14. The second-order valence-electron chi connectivity index (χ2n) is 3.60. The average molecular weight is 224 g/mol. The molecule has 1 aliphatic heterocycles. The summed E-state index contributed by atoms with van der Waals surface area (Å²) in [7, 11) is 0. The minimum atomic E-state index is -0.784. The second kappa shape index (κ2) is 4.00. The van der Waals surface area contributed by atoms with Crippen LogP contribution in [0.25, 0.3) is 0 Å². The van der Waals surface area contributed by atoms with Crippen LogP contribution in [-0.2, 0) is 19.1 Å². The van der Waals surface area contributed by atoms with E-state index in [1.807, 2.05) is 0 Å². The van der Waals surface area contributed by atoms with Crippen molar-refractivity contribution in [2.24, 2.45) is 0 Å². The number of allylic oxidation sites excluding steroid dienone is 1. The number of fused-ring (bicyclic) bond motifs is 1. The molecule has 0 aromatic rings. The summed E-state index contributed by atoms with van der Waals surface area (Å²) >= 11 is 0. The molecule has 1 heterocycles. The third kappa shape index (κ3) is 1.58. The van der Waals surface area contributed by atoms with E-state index in [2.05, 4.69) is 0 Å². The summed E-state index contributed by atoms with van der Waals surface area (Å²) in [4.78, 5) is 22.7. The Morgan fingerprint density at radius 2 is 2.25 bits per heavy atom. The molecule has 1 aliphatic carbocycles. The van der Waals surface area contributed by atoms with Crippen molar-refractivity contribution < 1.29 is 24.2 Å². The predicted molar refractivity (Wildman–Crippen MR) is 53.3 cm³/mol. The van der Waals surface area contributed by atoms with Crippen LogP contribution in [0.2, 0.25) is 0 Å². The molecule has 0 aromatic heterocycles. The maximum atomic E-state index is 11.6. The van der Waals surface area contributed by atoms with Gasteiger partial charge in [0.1, 0.15) is 5.76 Å². The van der Waals surface area contributed by atoms with Crippen molar-refractivity contribution >= 4 is 11.9 Å². The van der Waals surface area contributed by atoms with Crippen molar-refractivity contribution in [1.82, 2.24) is 0 Å². The summed E-state index contributed by atoms with van der Waals surface area (Å²) in [5.41, 5.74) is 0.778. The van der Waals surface area contributed by atoms with Crippen molar-refractivity contribution in [2.75, 3.05) is 6.61 Å². The molecule has 0 fully saturated rings. The van der Waals surface area contributed by atoms with Gasteiger partial charge in [-0.3, -0.25) is 0 Å². The van der Waals surface area contributed by atoms with Crippen LogP contribution in [0.15, 0.2) is 22.7 Å². The van der Waals surface area contributed by atoms with Gasteiger partial charge in [0.2, 0.25) is 5.76 Å². The number of esters is 2. The lowest BCUT2D eigenvalue weighted by molar-refractivity contribution is -0.139. The summed E-state index contributed by atoms with van der Waals surface area (Å²) < 4.78 is 9.74. The maximum Gasteiger partial charge on any atom is 0.379 e. The number of carbonyl (C=O) groups is 2. The summed E-state index contributed by atoms with van der Waals surface area (Å²) in [6.07, 6.45) is 1.77. The van der Waals surface area contributed by atoms with Crippen molar-refractivity contribution in [3.8, 4) is 0 Å². The van der Waals surface area contributed by atoms with Crippen LogP contribution in [0.3, 0.4) is 0 Å². The Morgan fingerprint density at radius 3 is 2.94 bits per heavy atom. The molecule has 5 heteroatoms. The van der Waals surface area contributed by atoms with Gasteiger partial charge in [0, 0.05) is 5.57 Å². The van der Waals surface area contributed by atoms with E-state index in [0.29, 0.717) is 30.4 Å². The maximum absolute atomic E-state index is 11.6. The molecule has 0 saturated carbocycles. The smallest absolute Gasteiger partial charge is 0.379 e. The molecule has 5 nitrogen and oxygen atoms in total. The number of aliphatic hydroxyl groups excluding tert-OH is 1. The van der Waals surface area contributed by atoms with Crippen LogP contribution in [-0.4, -0.2) is 23.7 Å². The molecule has 0 radical (unpaired) electrons. The fraction of sp³-hybridized carbons (Fsp3) is 0.455. The van der Waals surface area contributed by atoms with Gasteiger partial charge >= 0.3 is 11.9 Å². The Hall–Kier alpha value is -1.78. The highest BCUT2D eigenvalue weighted by molar-refractivity contribution is 5.97. The van der Waals surface area contributed by atoms with Gasteiger partial charge in [0.15, 0.2) is 0 Å². The van der Waals surface area contributed by atoms with Gasteiger partial charge in [0.25, 0.3) is 0 Å². The molecule has 0 amide bonds. The Balaban J connectivity index is 2.39. The van der Waals surface area contributed by atoms with Crippen molar-refractivity contribution in [1.29, 1.82) is 0 Å². The van der Waals surface area contributed by atoms with Crippen molar-refractivity contribution in [3.05, 3.63) is 22.7 Å². The number of aliphatic hydroxyl groups is 1. The molecule has 0 atom stereocenters. The number of hydrogen-bond acceptors (Lipinski definition) is 5. The lowest BCUT2D eigenvalue weighted by Gasteiger charge is -2.15. The number of carbonyl (C=O) groups excluding carboxylic acids is 2. The van der Waals surface area contributed by atoms with E-state index in [0.717, 1.165) is 0 Å². The van der Waals surface area contributed by atoms with Gasteiger partial charge in [-0.25, -0.2) is 9.59 Å². The van der Waals surface area contributed by atoms with E-state index >= 15 is 0 Å². The monoisotopic (exact) mass is 224 g/mol. The summed E-state index contributed by atoms with van der Waals surface area (Å²) in [5.74, 6) is -1.44. The average Bonchev–Trinajstić information content (AvgIpc) is 2.55. The van der Waals surface area contributed by atoms with Crippen molar-refractivity contribution in [2.45, 2.75) is 26.2 Å². The SMILES string of the molecule is CCOC(=O)C1=C2OC(=O)C(O)=C2CCC1. The minimum absolute atomic E-state index is 0.201. The molecule has 0 bridgehead atoms. The summed E-state index contributed by atoms with van der Waals surface area (Å²) in [6, 6.07) is 0. The van der Waals surface area contributed by atoms with Gasteiger partial charge in [-0.05, 0) is 26.2 Å². The highest BCUT2D eigenvalue weighted by Gasteiger charge is 2.36. The summed E-state index contributed by atoms with van der Waals surface area (Å²) in [6.45, 7) is 1.98. The Morgan fingerprint density at radius 1 is 1.50 bits per heavy atom. The molecule has 0 spiro atoms. The summed E-state index contributed by atoms with van der Waals surface area (Å²) in [5, 5.41) is 9.44. The Labute approximate surface area is 92.3 Å². The molecule has 0 aromatic carbocycles. The van der Waals surface area contributed by atoms with E-state index in [1.54, 1.807) is 6.92 Å². The van der Waals surface area contributed by atoms with E-state index < -0.39 is 11.9 Å². The van der Waals surface area contributed by atoms with Gasteiger partial charge < -0.3 is 14.6 Å². The predicted octanol–water partition coefficient (Wildman–Crippen LogP) is 1.36. The lowest BCUT2D eigenvalue weighted by atomic mass is 9.93. The third-order valence-electron chi connectivity index (χ3n) is 2.60. The van der Waals surface area contributed by atoms with Crippen LogP contribution < -0.4 is 0 Å². The van der Waals surface area contributed by atoms with E-state index in [1.165, 1.54) is 0 Å². The zero-order chi connectivity index (χ0) is 11.7. The fourth-order valence-electron chi connectivity index (χ4n) is 1.88. The van der Waals surface area contributed by atoms with Crippen LogP contribution in [0.5, 0.6) is 0 Å². The normalized spacial score (nSPS) is 19.7. The number of rotatable bonds is 2. The number of ether oxygens (including phenoxy) is 2. The zero-order valence-corrected chi connectivity index (χ0v) is 8.91. The first-order chi connectivity index (χ1) is 7.65. The van der Waals surface area contributed by atoms with Gasteiger partial charge in [-0.2, -0.15) is 0 Å². The topological polar surface area (TPSA) is 72.8 Å². The molecule has 0 unspecified atom stereocenters. The Kier molecular flexibility index (Phi) is 2.68. The highest BCUT2D eigenvalue weighted by atomic mass is 16.6. The van der Waals surface area contributed by atoms with Crippen molar-refractivity contribution in [3.63, 3.8) is 0 Å². The third-order valence-corrected chi connectivity index (χ3v) is 2.60. The van der Waals surface area contributed by atoms with Crippen LogP contribution in [0, 0.1) is 0 Å². The van der Waals surface area contributed by atoms with Gasteiger partial charge in [-0.15, -0.1) is 0 Å². The molecular formula is C11H12O5. The molecule has 16 heavy (non-hydrogen) atoms. The quantitative estimate of drug-likeness (QED) is 0.717. The highest BCUT2D eigenvalue weighted by Crippen LogP contribution is 2.37. The number of hydrogen-bond donors (Lipinski definition) is 1. The largest absolute Gasteiger partial charge is 0.502 e. The first-order valence-corrected chi connectivity index (χ1v) is 5.20. The molecule has 2 aliphatic rings. The van der Waals surface area contributed by atoms with E-state index in [-0.39, 0.29) is 18.1 Å². The van der Waals surface area contributed by atoms with Crippen LogP contribution >= 0.6 is 0 Å². The second-order valence-corrected chi connectivity index (χ2v) is 3.60. The van der Waals surface area contributed by atoms with Crippen LogP contribution in [0.1, 0.15) is 26.2 Å². The standard InChI is InChI=1S/C11H12O5/c1-2-15-10(13)7-5-3-4-6-8(12)11(14)16-9(6)7/h12H,2-5H2,1H3. The first-order valence-electron chi connectivity index (χ1n) is 5.20. The van der Waals surface area contributed by atoms with E-state index in [4.69, 9.17) is 9.47 Å². The van der Waals surface area contributed by atoms with E-state index in [9.17, 15) is 14.7 Å². The Bertz CT molecular complexity index is 416. The van der Waals surface area contributed by atoms with Gasteiger partial charge in [-0.1, -0.05) is 0 Å². The molecular weight excluding hydrogens is 212 g/mol. The molecule has 86 valence electrons. The van der Waals surface area contributed by atoms with Gasteiger partial charge in [0.05, 0.1) is 12.2 Å². The fourth-order valence-corrected chi connectivity index (χ4v) is 1.88. The minimum Gasteiger partial charge on any atom is -0.502 e. The zero-order valence-electron chi connectivity index (χ0n) is 8.91. The molecule has 1 N–H and O–H groups in total. The first kappa shape index (κ1) is 10.7. The van der Waals surface area contributed by atoms with Crippen LogP contribution in [0.4, 0.5) is 0 Å². The molecule has 2 rings (SSSR count).